The predicted molar refractivity (Wildman–Crippen MR) is 57.5 cm³/mol. The third-order valence-electron chi connectivity index (χ3n) is 2.68. The first-order valence-electron chi connectivity index (χ1n) is 4.85. The van der Waals surface area contributed by atoms with Crippen molar-refractivity contribution < 1.29 is 13.2 Å². The van der Waals surface area contributed by atoms with Gasteiger partial charge in [0, 0.05) is 26.7 Å². The number of nitrogens with zero attached hydrogens (tertiary/aromatic N) is 2. The fourth-order valence-electron chi connectivity index (χ4n) is 1.65. The Morgan fingerprint density at radius 3 is 2.60 bits per heavy atom. The zero-order valence-electron chi connectivity index (χ0n) is 9.14. The minimum absolute atomic E-state index is 0.0175. The molecule has 1 fully saturated rings. The molecule has 0 N–H and O–H groups in total. The first kappa shape index (κ1) is 12.4. The molecule has 0 aromatic rings. The van der Waals surface area contributed by atoms with Crippen molar-refractivity contribution in [3.63, 3.8) is 0 Å². The monoisotopic (exact) mass is 233 g/mol. The molecular formula is C9H17N2O3S. The van der Waals surface area contributed by atoms with Crippen molar-refractivity contribution in [1.29, 1.82) is 0 Å². The van der Waals surface area contributed by atoms with E-state index in [0.29, 0.717) is 26.1 Å². The lowest BCUT2D eigenvalue weighted by Gasteiger charge is -2.19. The number of hydrogen-bond donors (Lipinski definition) is 0. The van der Waals surface area contributed by atoms with E-state index in [1.54, 1.807) is 7.05 Å². The van der Waals surface area contributed by atoms with Gasteiger partial charge in [-0.05, 0) is 13.3 Å². The first-order valence-corrected chi connectivity index (χ1v) is 6.70. The molecule has 0 aliphatic carbocycles. The van der Waals surface area contributed by atoms with Crippen LogP contribution in [0.3, 0.4) is 0 Å². The molecule has 1 heterocycles. The predicted octanol–water partition coefficient (Wildman–Crippen LogP) is -0.440. The molecule has 1 radical (unpaired) electrons. The van der Waals surface area contributed by atoms with E-state index in [9.17, 15) is 13.2 Å². The maximum Gasteiger partial charge on any atom is 0.226 e. The van der Waals surface area contributed by atoms with Crippen LogP contribution in [0.25, 0.3) is 0 Å². The number of rotatable bonds is 3. The molecule has 87 valence electrons. The zero-order valence-corrected chi connectivity index (χ0v) is 9.96. The van der Waals surface area contributed by atoms with Crippen LogP contribution in [-0.4, -0.2) is 56.5 Å². The summed E-state index contributed by atoms with van der Waals surface area (Å²) in [7, 11) is -1.48. The van der Waals surface area contributed by atoms with E-state index in [0.717, 1.165) is 0 Å². The molecule has 15 heavy (non-hydrogen) atoms. The molecule has 6 heteroatoms. The molecule has 0 spiro atoms. The smallest absolute Gasteiger partial charge is 0.226 e. The second-order valence-electron chi connectivity index (χ2n) is 3.87. The molecule has 1 saturated heterocycles. The Labute approximate surface area is 91.1 Å². The number of amides is 1. The normalized spacial score (nSPS) is 23.0. The van der Waals surface area contributed by atoms with Gasteiger partial charge in [0.25, 0.3) is 0 Å². The van der Waals surface area contributed by atoms with Crippen molar-refractivity contribution in [1.82, 2.24) is 9.21 Å². The zero-order chi connectivity index (χ0) is 11.6. The van der Waals surface area contributed by atoms with Crippen LogP contribution in [-0.2, 0) is 14.8 Å². The van der Waals surface area contributed by atoms with Crippen LogP contribution in [0.15, 0.2) is 0 Å². The molecule has 0 bridgehead atoms. The summed E-state index contributed by atoms with van der Waals surface area (Å²) in [6.07, 6.45) is 1.78. The van der Waals surface area contributed by atoms with Gasteiger partial charge in [0.2, 0.25) is 15.9 Å². The van der Waals surface area contributed by atoms with Crippen molar-refractivity contribution in [2.45, 2.75) is 6.42 Å². The summed E-state index contributed by atoms with van der Waals surface area (Å²) >= 11 is 0. The number of hydrogen-bond acceptors (Lipinski definition) is 3. The van der Waals surface area contributed by atoms with Crippen LogP contribution in [0, 0.1) is 12.8 Å². The Morgan fingerprint density at radius 1 is 1.60 bits per heavy atom. The van der Waals surface area contributed by atoms with Crippen LogP contribution in [0.1, 0.15) is 6.42 Å². The van der Waals surface area contributed by atoms with E-state index >= 15 is 0 Å². The topological polar surface area (TPSA) is 57.7 Å². The Balaban J connectivity index is 2.61. The van der Waals surface area contributed by atoms with Gasteiger partial charge in [-0.25, -0.2) is 12.7 Å². The van der Waals surface area contributed by atoms with E-state index in [2.05, 4.69) is 6.92 Å². The van der Waals surface area contributed by atoms with Gasteiger partial charge in [-0.15, -0.1) is 0 Å². The van der Waals surface area contributed by atoms with Crippen molar-refractivity contribution >= 4 is 15.9 Å². The Kier molecular flexibility index (Phi) is 3.72. The average molecular weight is 233 g/mol. The van der Waals surface area contributed by atoms with Gasteiger partial charge in [-0.2, -0.15) is 0 Å². The summed E-state index contributed by atoms with van der Waals surface area (Å²) in [4.78, 5) is 13.2. The van der Waals surface area contributed by atoms with Crippen LogP contribution in [0.2, 0.25) is 0 Å². The second-order valence-corrected chi connectivity index (χ2v) is 5.85. The van der Waals surface area contributed by atoms with Crippen LogP contribution >= 0.6 is 0 Å². The molecule has 0 aromatic carbocycles. The summed E-state index contributed by atoms with van der Waals surface area (Å²) in [5.41, 5.74) is 0. The van der Waals surface area contributed by atoms with Gasteiger partial charge in [0.1, 0.15) is 0 Å². The molecule has 1 amide bonds. The van der Waals surface area contributed by atoms with Crippen LogP contribution < -0.4 is 0 Å². The van der Waals surface area contributed by atoms with Crippen molar-refractivity contribution in [2.75, 3.05) is 32.9 Å². The minimum Gasteiger partial charge on any atom is -0.345 e. The van der Waals surface area contributed by atoms with Gasteiger partial charge in [0.15, 0.2) is 0 Å². The highest BCUT2D eigenvalue weighted by Crippen LogP contribution is 2.20. The summed E-state index contributed by atoms with van der Waals surface area (Å²) in [5.74, 6) is -0.220. The maximum atomic E-state index is 11.7. The highest BCUT2D eigenvalue weighted by molar-refractivity contribution is 7.88. The Morgan fingerprint density at radius 2 is 2.20 bits per heavy atom. The molecule has 1 unspecified atom stereocenters. The highest BCUT2D eigenvalue weighted by atomic mass is 32.2. The number of carbonyl (C=O) groups excluding carboxylic acids is 1. The van der Waals surface area contributed by atoms with Crippen LogP contribution in [0.4, 0.5) is 0 Å². The molecule has 5 nitrogen and oxygen atoms in total. The van der Waals surface area contributed by atoms with E-state index in [4.69, 9.17) is 0 Å². The molecule has 0 aromatic heterocycles. The molecule has 1 aliphatic rings. The quantitative estimate of drug-likeness (QED) is 0.664. The summed E-state index contributed by atoms with van der Waals surface area (Å²) in [5, 5.41) is 0. The summed E-state index contributed by atoms with van der Waals surface area (Å²) < 4.78 is 23.8. The lowest BCUT2D eigenvalue weighted by atomic mass is 10.1. The van der Waals surface area contributed by atoms with E-state index < -0.39 is 10.0 Å². The lowest BCUT2D eigenvalue weighted by molar-refractivity contribution is -0.133. The number of carbonyl (C=O) groups is 1. The van der Waals surface area contributed by atoms with Crippen molar-refractivity contribution in [3.8, 4) is 0 Å². The molecular weight excluding hydrogens is 216 g/mol. The minimum atomic E-state index is -3.15. The van der Waals surface area contributed by atoms with Crippen molar-refractivity contribution in [2.24, 2.45) is 5.92 Å². The average Bonchev–Trinajstić information content (AvgIpc) is 2.63. The van der Waals surface area contributed by atoms with Gasteiger partial charge < -0.3 is 4.90 Å². The highest BCUT2D eigenvalue weighted by Gasteiger charge is 2.33. The Bertz CT molecular complexity index is 339. The largest absolute Gasteiger partial charge is 0.345 e. The van der Waals surface area contributed by atoms with E-state index in [-0.39, 0.29) is 11.8 Å². The van der Waals surface area contributed by atoms with Crippen molar-refractivity contribution in [3.05, 3.63) is 6.92 Å². The Hall–Kier alpha value is -0.620. The molecule has 1 rings (SSSR count). The fraction of sp³-hybridized carbons (Fsp3) is 0.778. The molecule has 1 atom stereocenters. The lowest BCUT2D eigenvalue weighted by Crippen LogP contribution is -2.35. The fourth-order valence-corrected chi connectivity index (χ4v) is 2.54. The van der Waals surface area contributed by atoms with Gasteiger partial charge in [0.05, 0.1) is 12.2 Å². The molecule has 0 saturated carbocycles. The van der Waals surface area contributed by atoms with E-state index in [1.165, 1.54) is 15.5 Å². The van der Waals surface area contributed by atoms with Gasteiger partial charge in [-0.1, -0.05) is 0 Å². The summed E-state index contributed by atoms with van der Waals surface area (Å²) in [6.45, 7) is 4.78. The first-order chi connectivity index (χ1) is 6.86. The maximum absolute atomic E-state index is 11.7. The van der Waals surface area contributed by atoms with Gasteiger partial charge in [-0.3, -0.25) is 4.79 Å². The summed E-state index contributed by atoms with van der Waals surface area (Å²) in [6, 6.07) is 0. The van der Waals surface area contributed by atoms with Gasteiger partial charge >= 0.3 is 0 Å². The second kappa shape index (κ2) is 4.49. The van der Waals surface area contributed by atoms with Crippen LogP contribution in [0.5, 0.6) is 0 Å². The van der Waals surface area contributed by atoms with E-state index in [1.807, 2.05) is 0 Å². The third kappa shape index (κ3) is 2.92. The molecule has 1 aliphatic heterocycles. The third-order valence-corrected chi connectivity index (χ3v) is 3.95. The number of sulfonamides is 1. The SMILES string of the molecule is [CH2]CN(C)C(=O)C1CCN(S(C)(=O)=O)C1. The standard InChI is InChI=1S/C9H17N2O3S/c1-4-10(2)9(12)8-5-6-11(7-8)15(3,13)14/h8H,1,4-7H2,2-3H3.